The lowest BCUT2D eigenvalue weighted by atomic mass is 9.70. The predicted molar refractivity (Wildman–Crippen MR) is 85.4 cm³/mol. The zero-order valence-corrected chi connectivity index (χ0v) is 13.2. The monoisotopic (exact) mass is 286 g/mol. The SMILES string of the molecule is CNC1CCN(C(=O)C2(C)CCCc3ccccc32)CC1. The minimum atomic E-state index is -0.318. The maximum absolute atomic E-state index is 13.1. The van der Waals surface area contributed by atoms with Crippen LogP contribution in [-0.4, -0.2) is 37.0 Å². The molecule has 1 heterocycles. The van der Waals surface area contributed by atoms with Crippen LogP contribution in [0.4, 0.5) is 0 Å². The molecule has 1 fully saturated rings. The van der Waals surface area contributed by atoms with Gasteiger partial charge in [0.1, 0.15) is 0 Å². The molecule has 3 heteroatoms. The molecule has 114 valence electrons. The van der Waals surface area contributed by atoms with Gasteiger partial charge in [-0.05, 0) is 57.2 Å². The molecule has 1 N–H and O–H groups in total. The second-order valence-electron chi connectivity index (χ2n) is 6.70. The second kappa shape index (κ2) is 5.80. The fourth-order valence-corrected chi connectivity index (χ4v) is 3.99. The Morgan fingerprint density at radius 1 is 1.29 bits per heavy atom. The minimum Gasteiger partial charge on any atom is -0.342 e. The van der Waals surface area contributed by atoms with Gasteiger partial charge >= 0.3 is 0 Å². The van der Waals surface area contributed by atoms with Gasteiger partial charge in [0.05, 0.1) is 5.41 Å². The van der Waals surface area contributed by atoms with Crippen molar-refractivity contribution >= 4 is 5.91 Å². The van der Waals surface area contributed by atoms with Gasteiger partial charge in [-0.2, -0.15) is 0 Å². The Labute approximate surface area is 127 Å². The van der Waals surface area contributed by atoms with Crippen LogP contribution in [-0.2, 0) is 16.6 Å². The predicted octanol–water partition coefficient (Wildman–Crippen LogP) is 2.49. The standard InChI is InChI=1S/C18H26N2O/c1-18(11-5-7-14-6-3-4-8-16(14)18)17(21)20-12-9-15(19-2)10-13-20/h3-4,6,8,15,19H,5,7,9-13H2,1-2H3. The zero-order valence-electron chi connectivity index (χ0n) is 13.2. The molecule has 1 atom stereocenters. The summed E-state index contributed by atoms with van der Waals surface area (Å²) in [6.45, 7) is 3.93. The molecule has 1 saturated heterocycles. The van der Waals surface area contributed by atoms with Crippen LogP contribution in [0.25, 0.3) is 0 Å². The Kier molecular flexibility index (Phi) is 4.03. The number of benzene rings is 1. The van der Waals surface area contributed by atoms with E-state index in [-0.39, 0.29) is 5.41 Å². The Hall–Kier alpha value is -1.35. The van der Waals surface area contributed by atoms with Crippen molar-refractivity contribution in [3.63, 3.8) is 0 Å². The van der Waals surface area contributed by atoms with Crippen molar-refractivity contribution in [2.24, 2.45) is 0 Å². The molecule has 1 aliphatic carbocycles. The summed E-state index contributed by atoms with van der Waals surface area (Å²) in [6.07, 6.45) is 5.35. The van der Waals surface area contributed by atoms with E-state index in [2.05, 4.69) is 41.4 Å². The maximum Gasteiger partial charge on any atom is 0.232 e. The van der Waals surface area contributed by atoms with E-state index in [1.165, 1.54) is 11.1 Å². The summed E-state index contributed by atoms with van der Waals surface area (Å²) in [5.74, 6) is 0.337. The van der Waals surface area contributed by atoms with E-state index in [0.717, 1.165) is 45.2 Å². The summed E-state index contributed by atoms with van der Waals surface area (Å²) in [5, 5.41) is 3.33. The van der Waals surface area contributed by atoms with Crippen molar-refractivity contribution in [3.05, 3.63) is 35.4 Å². The number of rotatable bonds is 2. The average Bonchev–Trinajstić information content (AvgIpc) is 2.55. The van der Waals surface area contributed by atoms with Crippen LogP contribution in [0.3, 0.4) is 0 Å². The van der Waals surface area contributed by atoms with Gasteiger partial charge in [-0.25, -0.2) is 0 Å². The van der Waals surface area contributed by atoms with E-state index >= 15 is 0 Å². The Bertz CT molecular complexity index is 520. The quantitative estimate of drug-likeness (QED) is 0.906. The molecule has 1 aromatic rings. The normalized spacial score (nSPS) is 26.5. The van der Waals surface area contributed by atoms with E-state index < -0.39 is 0 Å². The number of nitrogens with zero attached hydrogens (tertiary/aromatic N) is 1. The van der Waals surface area contributed by atoms with Crippen LogP contribution in [0.2, 0.25) is 0 Å². The first-order chi connectivity index (χ1) is 10.1. The summed E-state index contributed by atoms with van der Waals surface area (Å²) in [5.41, 5.74) is 2.31. The van der Waals surface area contributed by atoms with Crippen LogP contribution < -0.4 is 5.32 Å². The molecular weight excluding hydrogens is 260 g/mol. The van der Waals surface area contributed by atoms with Gasteiger partial charge in [-0.1, -0.05) is 24.3 Å². The third-order valence-corrected chi connectivity index (χ3v) is 5.40. The molecule has 0 radical (unpaired) electrons. The lowest BCUT2D eigenvalue weighted by Gasteiger charge is -2.41. The van der Waals surface area contributed by atoms with E-state index in [9.17, 15) is 4.79 Å². The number of nitrogens with one attached hydrogen (secondary N) is 1. The van der Waals surface area contributed by atoms with Crippen molar-refractivity contribution < 1.29 is 4.79 Å². The van der Waals surface area contributed by atoms with Gasteiger partial charge < -0.3 is 10.2 Å². The first-order valence-corrected chi connectivity index (χ1v) is 8.20. The molecule has 0 saturated carbocycles. The van der Waals surface area contributed by atoms with Crippen molar-refractivity contribution in [2.75, 3.05) is 20.1 Å². The van der Waals surface area contributed by atoms with Crippen molar-refractivity contribution in [1.29, 1.82) is 0 Å². The number of fused-ring (bicyclic) bond motifs is 1. The largest absolute Gasteiger partial charge is 0.342 e. The Morgan fingerprint density at radius 2 is 2.00 bits per heavy atom. The zero-order chi connectivity index (χ0) is 14.9. The molecule has 1 aromatic carbocycles. The van der Waals surface area contributed by atoms with E-state index in [0.29, 0.717) is 11.9 Å². The Balaban J connectivity index is 1.82. The summed E-state index contributed by atoms with van der Waals surface area (Å²) in [4.78, 5) is 15.2. The first kappa shape index (κ1) is 14.6. The number of carbonyl (C=O) groups is 1. The van der Waals surface area contributed by atoms with Crippen molar-refractivity contribution in [2.45, 2.75) is 50.5 Å². The maximum atomic E-state index is 13.1. The molecule has 1 amide bonds. The molecule has 0 bridgehead atoms. The highest BCUT2D eigenvalue weighted by atomic mass is 16.2. The fraction of sp³-hybridized carbons (Fsp3) is 0.611. The number of aryl methyl sites for hydroxylation is 1. The molecule has 1 aliphatic heterocycles. The number of likely N-dealkylation sites (tertiary alicyclic amines) is 1. The van der Waals surface area contributed by atoms with Gasteiger partial charge in [0.2, 0.25) is 5.91 Å². The highest BCUT2D eigenvalue weighted by Gasteiger charge is 2.41. The van der Waals surface area contributed by atoms with Crippen molar-refractivity contribution in [3.8, 4) is 0 Å². The van der Waals surface area contributed by atoms with Crippen LogP contribution in [0.15, 0.2) is 24.3 Å². The van der Waals surface area contributed by atoms with E-state index in [4.69, 9.17) is 0 Å². The van der Waals surface area contributed by atoms with E-state index in [1.54, 1.807) is 0 Å². The smallest absolute Gasteiger partial charge is 0.232 e. The molecule has 0 spiro atoms. The third kappa shape index (κ3) is 2.59. The lowest BCUT2D eigenvalue weighted by molar-refractivity contribution is -0.138. The number of hydrogen-bond donors (Lipinski definition) is 1. The van der Waals surface area contributed by atoms with Gasteiger partial charge in [0, 0.05) is 19.1 Å². The number of carbonyl (C=O) groups excluding carboxylic acids is 1. The van der Waals surface area contributed by atoms with Crippen LogP contribution in [0.5, 0.6) is 0 Å². The summed E-state index contributed by atoms with van der Waals surface area (Å²) in [6, 6.07) is 9.08. The summed E-state index contributed by atoms with van der Waals surface area (Å²) < 4.78 is 0. The van der Waals surface area contributed by atoms with Gasteiger partial charge in [0.15, 0.2) is 0 Å². The van der Waals surface area contributed by atoms with Gasteiger partial charge in [-0.15, -0.1) is 0 Å². The number of hydrogen-bond acceptors (Lipinski definition) is 2. The molecule has 3 rings (SSSR count). The Morgan fingerprint density at radius 3 is 2.71 bits per heavy atom. The van der Waals surface area contributed by atoms with E-state index in [1.807, 2.05) is 7.05 Å². The average molecular weight is 286 g/mol. The summed E-state index contributed by atoms with van der Waals surface area (Å²) in [7, 11) is 2.01. The summed E-state index contributed by atoms with van der Waals surface area (Å²) >= 11 is 0. The lowest BCUT2D eigenvalue weighted by Crippen LogP contribution is -2.51. The fourth-order valence-electron chi connectivity index (χ4n) is 3.99. The highest BCUT2D eigenvalue weighted by Crippen LogP contribution is 2.39. The second-order valence-corrected chi connectivity index (χ2v) is 6.70. The molecule has 0 aromatic heterocycles. The third-order valence-electron chi connectivity index (χ3n) is 5.40. The molecular formula is C18H26N2O. The molecule has 3 nitrogen and oxygen atoms in total. The van der Waals surface area contributed by atoms with Crippen LogP contribution >= 0.6 is 0 Å². The topological polar surface area (TPSA) is 32.3 Å². The molecule has 2 aliphatic rings. The number of amides is 1. The first-order valence-electron chi connectivity index (χ1n) is 8.20. The van der Waals surface area contributed by atoms with Gasteiger partial charge in [-0.3, -0.25) is 4.79 Å². The van der Waals surface area contributed by atoms with Crippen molar-refractivity contribution in [1.82, 2.24) is 10.2 Å². The minimum absolute atomic E-state index is 0.318. The number of piperidine rings is 1. The highest BCUT2D eigenvalue weighted by molar-refractivity contribution is 5.88. The molecule has 21 heavy (non-hydrogen) atoms. The molecule has 1 unspecified atom stereocenters. The van der Waals surface area contributed by atoms with Gasteiger partial charge in [0.25, 0.3) is 0 Å². The van der Waals surface area contributed by atoms with Crippen LogP contribution in [0, 0.1) is 0 Å². The van der Waals surface area contributed by atoms with Crippen LogP contribution in [0.1, 0.15) is 43.7 Å².